The van der Waals surface area contributed by atoms with Crippen LogP contribution >= 0.6 is 0 Å². The van der Waals surface area contributed by atoms with Gasteiger partial charge in [-0.15, -0.1) is 0 Å². The molecule has 1 saturated heterocycles. The van der Waals surface area contributed by atoms with Crippen molar-refractivity contribution in [3.05, 3.63) is 29.8 Å². The van der Waals surface area contributed by atoms with Crippen LogP contribution in [0.25, 0.3) is 0 Å². The Labute approximate surface area is 114 Å². The summed E-state index contributed by atoms with van der Waals surface area (Å²) >= 11 is 0. The predicted molar refractivity (Wildman–Crippen MR) is 73.7 cm³/mol. The summed E-state index contributed by atoms with van der Waals surface area (Å²) in [6.45, 7) is 7.54. The zero-order valence-electron chi connectivity index (χ0n) is 11.4. The molecule has 0 radical (unpaired) electrons. The maximum atomic E-state index is 10.7. The van der Waals surface area contributed by atoms with E-state index in [9.17, 15) is 4.79 Å². The Bertz CT molecular complexity index is 402. The highest BCUT2D eigenvalue weighted by atomic mass is 16.5. The van der Waals surface area contributed by atoms with Gasteiger partial charge in [0.2, 0.25) is 0 Å². The highest BCUT2D eigenvalue weighted by molar-refractivity contribution is 5.75. The third-order valence-corrected chi connectivity index (χ3v) is 3.20. The minimum absolute atomic E-state index is 0.456. The van der Waals surface area contributed by atoms with Crippen LogP contribution in [0.15, 0.2) is 24.3 Å². The van der Waals surface area contributed by atoms with Gasteiger partial charge >= 0.3 is 0 Å². The minimum atomic E-state index is 0.456. The average molecular weight is 263 g/mol. The van der Waals surface area contributed by atoms with Gasteiger partial charge in [0, 0.05) is 31.1 Å². The summed E-state index contributed by atoms with van der Waals surface area (Å²) in [5.41, 5.74) is 0.651. The van der Waals surface area contributed by atoms with E-state index >= 15 is 0 Å². The van der Waals surface area contributed by atoms with E-state index in [1.807, 2.05) is 12.1 Å². The average Bonchev–Trinajstić information content (AvgIpc) is 2.46. The summed E-state index contributed by atoms with van der Waals surface area (Å²) in [7, 11) is 0. The lowest BCUT2D eigenvalue weighted by atomic mass is 10.1. The summed E-state index contributed by atoms with van der Waals surface area (Å²) in [4.78, 5) is 13.1. The van der Waals surface area contributed by atoms with Crippen LogP contribution in [0.5, 0.6) is 5.75 Å². The second-order valence-electron chi connectivity index (χ2n) is 5.02. The van der Waals surface area contributed by atoms with Crippen molar-refractivity contribution in [2.75, 3.05) is 39.5 Å². The van der Waals surface area contributed by atoms with E-state index < -0.39 is 0 Å². The number of carbonyl (C=O) groups excluding carboxylic acids is 1. The predicted octanol–water partition coefficient (Wildman–Crippen LogP) is 1.85. The summed E-state index contributed by atoms with van der Waals surface area (Å²) in [5, 5.41) is 0. The maximum absolute atomic E-state index is 10.7. The second-order valence-corrected chi connectivity index (χ2v) is 5.02. The van der Waals surface area contributed by atoms with Crippen LogP contribution in [-0.4, -0.2) is 50.6 Å². The highest BCUT2D eigenvalue weighted by Gasteiger charge is 2.14. The smallest absolute Gasteiger partial charge is 0.150 e. The Morgan fingerprint density at radius 2 is 2.21 bits per heavy atom. The molecule has 0 amide bonds. The molecule has 0 saturated carbocycles. The van der Waals surface area contributed by atoms with Gasteiger partial charge in [-0.2, -0.15) is 0 Å². The standard InChI is InChI=1S/C15H21NO3/c1-13(10-16-5-7-18-8-6-16)12-19-15-4-2-3-14(9-15)11-17/h2-4,9,11,13H,5-8,10,12H2,1H3. The largest absolute Gasteiger partial charge is 0.493 e. The van der Waals surface area contributed by atoms with E-state index in [2.05, 4.69) is 11.8 Å². The Hall–Kier alpha value is -1.39. The van der Waals surface area contributed by atoms with Crippen molar-refractivity contribution in [2.24, 2.45) is 5.92 Å². The molecule has 1 atom stereocenters. The zero-order chi connectivity index (χ0) is 13.5. The first kappa shape index (κ1) is 14.0. The van der Waals surface area contributed by atoms with Gasteiger partial charge in [0.05, 0.1) is 19.8 Å². The number of hydrogen-bond acceptors (Lipinski definition) is 4. The molecular weight excluding hydrogens is 242 g/mol. The summed E-state index contributed by atoms with van der Waals surface area (Å²) < 4.78 is 11.1. The van der Waals surface area contributed by atoms with Gasteiger partial charge in [-0.3, -0.25) is 9.69 Å². The van der Waals surface area contributed by atoms with Crippen molar-refractivity contribution in [2.45, 2.75) is 6.92 Å². The molecule has 1 aliphatic rings. The van der Waals surface area contributed by atoms with Crippen molar-refractivity contribution in [3.8, 4) is 5.75 Å². The maximum Gasteiger partial charge on any atom is 0.150 e. The molecule has 0 spiro atoms. The molecule has 2 rings (SSSR count). The van der Waals surface area contributed by atoms with E-state index in [1.165, 1.54) is 0 Å². The van der Waals surface area contributed by atoms with Crippen LogP contribution in [-0.2, 0) is 4.74 Å². The first-order valence-electron chi connectivity index (χ1n) is 6.76. The van der Waals surface area contributed by atoms with Gasteiger partial charge in [0.15, 0.2) is 0 Å². The number of ether oxygens (including phenoxy) is 2. The van der Waals surface area contributed by atoms with Gasteiger partial charge in [-0.1, -0.05) is 19.1 Å². The Kier molecular flexibility index (Phi) is 5.36. The highest BCUT2D eigenvalue weighted by Crippen LogP contribution is 2.13. The molecule has 1 aromatic carbocycles. The van der Waals surface area contributed by atoms with Gasteiger partial charge < -0.3 is 9.47 Å². The normalized spacial score (nSPS) is 17.9. The van der Waals surface area contributed by atoms with E-state index in [4.69, 9.17) is 9.47 Å². The molecular formula is C15H21NO3. The minimum Gasteiger partial charge on any atom is -0.493 e. The fourth-order valence-electron chi connectivity index (χ4n) is 2.19. The topological polar surface area (TPSA) is 38.8 Å². The molecule has 1 unspecified atom stereocenters. The van der Waals surface area contributed by atoms with Gasteiger partial charge in [-0.05, 0) is 12.1 Å². The van der Waals surface area contributed by atoms with Crippen LogP contribution < -0.4 is 4.74 Å². The second kappa shape index (κ2) is 7.26. The van der Waals surface area contributed by atoms with E-state index in [1.54, 1.807) is 12.1 Å². The number of benzene rings is 1. The molecule has 1 aliphatic heterocycles. The lowest BCUT2D eigenvalue weighted by Crippen LogP contribution is -2.39. The molecule has 104 valence electrons. The van der Waals surface area contributed by atoms with Gasteiger partial charge in [0.25, 0.3) is 0 Å². The van der Waals surface area contributed by atoms with Crippen LogP contribution in [0.2, 0.25) is 0 Å². The number of hydrogen-bond donors (Lipinski definition) is 0. The van der Waals surface area contributed by atoms with Crippen molar-refractivity contribution < 1.29 is 14.3 Å². The van der Waals surface area contributed by atoms with Crippen LogP contribution in [0.4, 0.5) is 0 Å². The third kappa shape index (κ3) is 4.65. The molecule has 19 heavy (non-hydrogen) atoms. The quantitative estimate of drug-likeness (QED) is 0.734. The summed E-state index contributed by atoms with van der Waals surface area (Å²) in [6, 6.07) is 7.27. The van der Waals surface area contributed by atoms with E-state index in [-0.39, 0.29) is 0 Å². The summed E-state index contributed by atoms with van der Waals surface area (Å²) in [5.74, 6) is 1.22. The van der Waals surface area contributed by atoms with E-state index in [0.717, 1.165) is 44.9 Å². The zero-order valence-corrected chi connectivity index (χ0v) is 11.4. The number of carbonyl (C=O) groups is 1. The van der Waals surface area contributed by atoms with Crippen molar-refractivity contribution in [1.29, 1.82) is 0 Å². The molecule has 1 aromatic rings. The Balaban J connectivity index is 1.75. The van der Waals surface area contributed by atoms with Crippen LogP contribution in [0.1, 0.15) is 17.3 Å². The SMILES string of the molecule is CC(COc1cccc(C=O)c1)CN1CCOCC1. The lowest BCUT2D eigenvalue weighted by molar-refractivity contribution is 0.0283. The van der Waals surface area contributed by atoms with Crippen LogP contribution in [0.3, 0.4) is 0 Å². The number of rotatable bonds is 6. The molecule has 1 fully saturated rings. The molecule has 0 aromatic heterocycles. The molecule has 0 bridgehead atoms. The fourth-order valence-corrected chi connectivity index (χ4v) is 2.19. The van der Waals surface area contributed by atoms with Gasteiger partial charge in [0.1, 0.15) is 12.0 Å². The Morgan fingerprint density at radius 3 is 2.95 bits per heavy atom. The number of aldehydes is 1. The van der Waals surface area contributed by atoms with Gasteiger partial charge in [-0.25, -0.2) is 0 Å². The molecule has 0 N–H and O–H groups in total. The number of morpholine rings is 1. The lowest BCUT2D eigenvalue weighted by Gasteiger charge is -2.29. The first-order chi connectivity index (χ1) is 9.28. The third-order valence-electron chi connectivity index (χ3n) is 3.20. The van der Waals surface area contributed by atoms with Crippen molar-refractivity contribution >= 4 is 6.29 Å². The molecule has 4 nitrogen and oxygen atoms in total. The number of nitrogens with zero attached hydrogens (tertiary/aromatic N) is 1. The molecule has 1 heterocycles. The monoisotopic (exact) mass is 263 g/mol. The first-order valence-corrected chi connectivity index (χ1v) is 6.76. The van der Waals surface area contributed by atoms with Crippen molar-refractivity contribution in [3.63, 3.8) is 0 Å². The van der Waals surface area contributed by atoms with E-state index in [0.29, 0.717) is 18.1 Å². The molecule has 4 heteroatoms. The Morgan fingerprint density at radius 1 is 1.42 bits per heavy atom. The fraction of sp³-hybridized carbons (Fsp3) is 0.533. The van der Waals surface area contributed by atoms with Crippen LogP contribution in [0, 0.1) is 5.92 Å². The molecule has 0 aliphatic carbocycles. The van der Waals surface area contributed by atoms with Crippen molar-refractivity contribution in [1.82, 2.24) is 4.90 Å². The summed E-state index contributed by atoms with van der Waals surface area (Å²) in [6.07, 6.45) is 0.837.